The highest BCUT2D eigenvalue weighted by Crippen LogP contribution is 2.20. The van der Waals surface area contributed by atoms with Crippen molar-refractivity contribution in [3.63, 3.8) is 0 Å². The van der Waals surface area contributed by atoms with Crippen LogP contribution in [0.3, 0.4) is 0 Å². The Hall–Kier alpha value is -1.85. The van der Waals surface area contributed by atoms with Gasteiger partial charge in [0.1, 0.15) is 0 Å². The zero-order valence-electron chi connectivity index (χ0n) is 10.3. The Morgan fingerprint density at radius 2 is 1.83 bits per heavy atom. The minimum absolute atomic E-state index is 0.325. The molecule has 0 saturated heterocycles. The summed E-state index contributed by atoms with van der Waals surface area (Å²) < 4.78 is 40.7. The van der Waals surface area contributed by atoms with E-state index in [4.69, 9.17) is 0 Å². The predicted molar refractivity (Wildman–Crippen MR) is 60.1 cm³/mol. The molecular weight excluding hydrogens is 243 g/mol. The molecule has 2 heterocycles. The van der Waals surface area contributed by atoms with E-state index in [0.29, 0.717) is 11.8 Å². The van der Waals surface area contributed by atoms with E-state index in [1.807, 2.05) is 6.92 Å². The van der Waals surface area contributed by atoms with E-state index in [2.05, 4.69) is 10.1 Å². The van der Waals surface area contributed by atoms with Crippen molar-refractivity contribution in [2.75, 3.05) is 0 Å². The summed E-state index contributed by atoms with van der Waals surface area (Å²) in [5.41, 5.74) is 2.34. The SMILES string of the molecule is CCc1c(C)nn(-c2nc(F)c(F)cc2F)c1C. The van der Waals surface area contributed by atoms with Crippen LogP contribution in [-0.2, 0) is 6.42 Å². The molecule has 0 unspecified atom stereocenters. The normalized spacial score (nSPS) is 11.0. The summed E-state index contributed by atoms with van der Waals surface area (Å²) in [5.74, 6) is -3.91. The van der Waals surface area contributed by atoms with Gasteiger partial charge in [-0.1, -0.05) is 6.92 Å². The molecule has 0 aliphatic carbocycles. The van der Waals surface area contributed by atoms with Crippen LogP contribution >= 0.6 is 0 Å². The first-order valence-corrected chi connectivity index (χ1v) is 5.52. The number of rotatable bonds is 2. The standard InChI is InChI=1S/C12H12F3N3/c1-4-8-6(2)17-18(7(8)3)12-10(14)5-9(13)11(15)16-12/h5H,4H2,1-3H3. The van der Waals surface area contributed by atoms with Gasteiger partial charge < -0.3 is 0 Å². The Balaban J connectivity index is 2.66. The lowest BCUT2D eigenvalue weighted by atomic mass is 10.1. The molecule has 0 radical (unpaired) electrons. The van der Waals surface area contributed by atoms with Gasteiger partial charge in [-0.3, -0.25) is 0 Å². The smallest absolute Gasteiger partial charge is 0.216 e. The van der Waals surface area contributed by atoms with Crippen molar-refractivity contribution in [1.82, 2.24) is 14.8 Å². The lowest BCUT2D eigenvalue weighted by Gasteiger charge is -2.05. The molecule has 0 bridgehead atoms. The van der Waals surface area contributed by atoms with Gasteiger partial charge in [-0.2, -0.15) is 14.5 Å². The monoisotopic (exact) mass is 255 g/mol. The maximum atomic E-state index is 13.6. The van der Waals surface area contributed by atoms with Gasteiger partial charge >= 0.3 is 0 Å². The van der Waals surface area contributed by atoms with Gasteiger partial charge in [0.2, 0.25) is 0 Å². The Labute approximate surface area is 102 Å². The average Bonchev–Trinajstić information content (AvgIpc) is 2.59. The molecule has 0 N–H and O–H groups in total. The number of hydrogen-bond acceptors (Lipinski definition) is 2. The average molecular weight is 255 g/mol. The molecule has 0 atom stereocenters. The third kappa shape index (κ3) is 1.87. The first kappa shape index (κ1) is 12.6. The Morgan fingerprint density at radius 1 is 1.17 bits per heavy atom. The summed E-state index contributed by atoms with van der Waals surface area (Å²) in [7, 11) is 0. The number of pyridine rings is 1. The maximum absolute atomic E-state index is 13.6. The van der Waals surface area contributed by atoms with Gasteiger partial charge in [-0.15, -0.1) is 0 Å². The maximum Gasteiger partial charge on any atom is 0.251 e. The summed E-state index contributed by atoms with van der Waals surface area (Å²) >= 11 is 0. The molecule has 2 aromatic rings. The second kappa shape index (κ2) is 4.44. The van der Waals surface area contributed by atoms with Crippen molar-refractivity contribution in [2.24, 2.45) is 0 Å². The van der Waals surface area contributed by atoms with Gasteiger partial charge in [0, 0.05) is 11.8 Å². The number of hydrogen-bond donors (Lipinski definition) is 0. The van der Waals surface area contributed by atoms with Crippen molar-refractivity contribution in [2.45, 2.75) is 27.2 Å². The molecule has 18 heavy (non-hydrogen) atoms. The molecule has 2 aromatic heterocycles. The molecule has 0 fully saturated rings. The van der Waals surface area contributed by atoms with E-state index >= 15 is 0 Å². The summed E-state index contributed by atoms with van der Waals surface area (Å²) in [4.78, 5) is 3.28. The van der Waals surface area contributed by atoms with Crippen LogP contribution in [0.5, 0.6) is 0 Å². The van der Waals surface area contributed by atoms with Crippen LogP contribution in [0.25, 0.3) is 5.82 Å². The molecule has 0 spiro atoms. The lowest BCUT2D eigenvalue weighted by Crippen LogP contribution is -2.08. The quantitative estimate of drug-likeness (QED) is 0.772. The van der Waals surface area contributed by atoms with E-state index < -0.39 is 17.6 Å². The predicted octanol–water partition coefficient (Wildman–Crippen LogP) is 2.86. The summed E-state index contributed by atoms with van der Waals surface area (Å²) in [6.07, 6.45) is 0.725. The van der Waals surface area contributed by atoms with Gasteiger partial charge in [0.15, 0.2) is 17.5 Å². The van der Waals surface area contributed by atoms with Crippen molar-refractivity contribution in [3.8, 4) is 5.82 Å². The van der Waals surface area contributed by atoms with E-state index in [1.165, 1.54) is 4.68 Å². The molecule has 6 heteroatoms. The minimum atomic E-state index is -1.34. The number of aromatic nitrogens is 3. The Bertz CT molecular complexity index is 605. The summed E-state index contributed by atoms with van der Waals surface area (Å²) in [6, 6.07) is 0.472. The van der Waals surface area contributed by atoms with E-state index in [0.717, 1.165) is 17.7 Å². The molecule has 0 saturated carbocycles. The molecule has 0 aliphatic rings. The van der Waals surface area contributed by atoms with Crippen LogP contribution in [0, 0.1) is 31.4 Å². The fraction of sp³-hybridized carbons (Fsp3) is 0.333. The molecule has 96 valence electrons. The number of aryl methyl sites for hydroxylation is 1. The Morgan fingerprint density at radius 3 is 2.39 bits per heavy atom. The van der Waals surface area contributed by atoms with Crippen molar-refractivity contribution >= 4 is 0 Å². The topological polar surface area (TPSA) is 30.7 Å². The summed E-state index contributed by atoms with van der Waals surface area (Å²) in [5, 5.41) is 4.11. The highest BCUT2D eigenvalue weighted by molar-refractivity contribution is 5.33. The largest absolute Gasteiger partial charge is 0.251 e. The fourth-order valence-corrected chi connectivity index (χ4v) is 1.98. The Kier molecular flexibility index (Phi) is 3.11. The van der Waals surface area contributed by atoms with E-state index in [9.17, 15) is 13.2 Å². The molecule has 3 nitrogen and oxygen atoms in total. The second-order valence-electron chi connectivity index (χ2n) is 3.98. The number of halogens is 3. The van der Waals surface area contributed by atoms with Crippen LogP contribution in [0.15, 0.2) is 6.07 Å². The third-order valence-corrected chi connectivity index (χ3v) is 2.86. The lowest BCUT2D eigenvalue weighted by molar-refractivity contribution is 0.458. The van der Waals surface area contributed by atoms with Gasteiger partial charge in [0.25, 0.3) is 5.95 Å². The van der Waals surface area contributed by atoms with Crippen LogP contribution in [0.1, 0.15) is 23.9 Å². The van der Waals surface area contributed by atoms with Crippen molar-refractivity contribution in [1.29, 1.82) is 0 Å². The van der Waals surface area contributed by atoms with E-state index in [-0.39, 0.29) is 5.82 Å². The fourth-order valence-electron chi connectivity index (χ4n) is 1.98. The molecule has 2 rings (SSSR count). The van der Waals surface area contributed by atoms with Crippen molar-refractivity contribution in [3.05, 3.63) is 40.6 Å². The van der Waals surface area contributed by atoms with Gasteiger partial charge in [-0.25, -0.2) is 13.5 Å². The first-order chi connectivity index (χ1) is 8.45. The molecule has 0 aromatic carbocycles. The number of nitrogens with zero attached hydrogens (tertiary/aromatic N) is 3. The van der Waals surface area contributed by atoms with Crippen LogP contribution in [0.4, 0.5) is 13.2 Å². The molecular formula is C12H12F3N3. The molecule has 0 aliphatic heterocycles. The van der Waals surface area contributed by atoms with Gasteiger partial charge in [-0.05, 0) is 25.8 Å². The summed E-state index contributed by atoms with van der Waals surface area (Å²) in [6.45, 7) is 5.46. The minimum Gasteiger partial charge on any atom is -0.216 e. The second-order valence-corrected chi connectivity index (χ2v) is 3.98. The van der Waals surface area contributed by atoms with Crippen LogP contribution in [-0.4, -0.2) is 14.8 Å². The zero-order chi connectivity index (χ0) is 13.4. The third-order valence-electron chi connectivity index (χ3n) is 2.86. The molecule has 0 amide bonds. The van der Waals surface area contributed by atoms with Crippen LogP contribution in [0.2, 0.25) is 0 Å². The van der Waals surface area contributed by atoms with Crippen LogP contribution < -0.4 is 0 Å². The first-order valence-electron chi connectivity index (χ1n) is 5.52. The zero-order valence-corrected chi connectivity index (χ0v) is 10.3. The highest BCUT2D eigenvalue weighted by atomic mass is 19.2. The van der Waals surface area contributed by atoms with Crippen molar-refractivity contribution < 1.29 is 13.2 Å². The van der Waals surface area contributed by atoms with Gasteiger partial charge in [0.05, 0.1) is 5.69 Å². The van der Waals surface area contributed by atoms with E-state index in [1.54, 1.807) is 13.8 Å². The highest BCUT2D eigenvalue weighted by Gasteiger charge is 2.18.